The average Bonchev–Trinajstić information content (AvgIpc) is 2.24. The van der Waals surface area contributed by atoms with Gasteiger partial charge >= 0.3 is 0 Å². The molecule has 0 aliphatic rings. The van der Waals surface area contributed by atoms with Gasteiger partial charge in [0.15, 0.2) is 0 Å². The molecular formula is C10H18N4O. The number of aryl methyl sites for hydroxylation is 1. The fraction of sp³-hybridized carbons (Fsp3) is 0.600. The largest absolute Gasteiger partial charge is 0.384 e. The zero-order valence-electron chi connectivity index (χ0n) is 9.53. The summed E-state index contributed by atoms with van der Waals surface area (Å²) < 4.78 is 5.00. The van der Waals surface area contributed by atoms with E-state index in [9.17, 15) is 0 Å². The van der Waals surface area contributed by atoms with Gasteiger partial charge in [-0.2, -0.15) is 0 Å². The maximum absolute atomic E-state index is 5.69. The number of hydrogen-bond donors (Lipinski definition) is 1. The Labute approximate surface area is 90.3 Å². The van der Waals surface area contributed by atoms with Crippen molar-refractivity contribution in [1.82, 2.24) is 9.97 Å². The molecule has 5 nitrogen and oxygen atoms in total. The van der Waals surface area contributed by atoms with Crippen LogP contribution in [0.5, 0.6) is 0 Å². The van der Waals surface area contributed by atoms with Gasteiger partial charge in [0, 0.05) is 33.2 Å². The van der Waals surface area contributed by atoms with Crippen molar-refractivity contribution >= 4 is 11.6 Å². The molecule has 0 amide bonds. The van der Waals surface area contributed by atoms with Crippen LogP contribution in [0.1, 0.15) is 12.7 Å². The highest BCUT2D eigenvalue weighted by Gasteiger charge is 2.05. The summed E-state index contributed by atoms with van der Waals surface area (Å²) in [5, 5.41) is 0. The van der Waals surface area contributed by atoms with E-state index in [1.165, 1.54) is 0 Å². The van der Waals surface area contributed by atoms with Crippen molar-refractivity contribution in [3.05, 3.63) is 11.9 Å². The summed E-state index contributed by atoms with van der Waals surface area (Å²) in [6.45, 7) is 3.46. The first-order chi connectivity index (χ1) is 7.17. The second-order valence-corrected chi connectivity index (χ2v) is 3.34. The first-order valence-corrected chi connectivity index (χ1v) is 5.01. The number of nitrogens with two attached hydrogens (primary N) is 1. The van der Waals surface area contributed by atoms with Crippen LogP contribution in [-0.2, 0) is 11.2 Å². The van der Waals surface area contributed by atoms with E-state index >= 15 is 0 Å². The van der Waals surface area contributed by atoms with Crippen molar-refractivity contribution in [1.29, 1.82) is 0 Å². The van der Waals surface area contributed by atoms with E-state index in [4.69, 9.17) is 10.5 Å². The minimum absolute atomic E-state index is 0.515. The van der Waals surface area contributed by atoms with Gasteiger partial charge < -0.3 is 15.4 Å². The molecule has 1 heterocycles. The second kappa shape index (κ2) is 5.50. The van der Waals surface area contributed by atoms with E-state index in [0.717, 1.165) is 24.6 Å². The van der Waals surface area contributed by atoms with E-state index < -0.39 is 0 Å². The van der Waals surface area contributed by atoms with Crippen molar-refractivity contribution in [2.24, 2.45) is 0 Å². The number of anilines is 2. The quantitative estimate of drug-likeness (QED) is 0.775. The molecule has 15 heavy (non-hydrogen) atoms. The van der Waals surface area contributed by atoms with Crippen LogP contribution >= 0.6 is 0 Å². The van der Waals surface area contributed by atoms with Crippen molar-refractivity contribution < 1.29 is 4.74 Å². The van der Waals surface area contributed by atoms with Gasteiger partial charge in [-0.05, 0) is 0 Å². The molecule has 0 radical (unpaired) electrons. The molecule has 1 rings (SSSR count). The summed E-state index contributed by atoms with van der Waals surface area (Å²) in [5.74, 6) is 2.13. The van der Waals surface area contributed by atoms with Crippen LogP contribution in [0.4, 0.5) is 11.6 Å². The molecule has 2 N–H and O–H groups in total. The molecule has 0 aliphatic carbocycles. The predicted molar refractivity (Wildman–Crippen MR) is 61.0 cm³/mol. The number of methoxy groups -OCH3 is 1. The Morgan fingerprint density at radius 1 is 1.47 bits per heavy atom. The van der Waals surface area contributed by atoms with Gasteiger partial charge in [-0.3, -0.25) is 0 Å². The van der Waals surface area contributed by atoms with Gasteiger partial charge in [0.1, 0.15) is 17.5 Å². The molecule has 0 saturated carbocycles. The summed E-state index contributed by atoms with van der Waals surface area (Å²) in [5.41, 5.74) is 5.69. The SMILES string of the molecule is CCc1nc(N)cc(N(C)CCOC)n1. The monoisotopic (exact) mass is 210 g/mol. The lowest BCUT2D eigenvalue weighted by Gasteiger charge is -2.18. The van der Waals surface area contributed by atoms with Crippen LogP contribution in [0, 0.1) is 0 Å². The number of rotatable bonds is 5. The predicted octanol–water partition coefficient (Wildman–Crippen LogP) is 0.704. The molecule has 0 unspecified atom stereocenters. The molecule has 5 heteroatoms. The van der Waals surface area contributed by atoms with E-state index in [2.05, 4.69) is 9.97 Å². The van der Waals surface area contributed by atoms with Crippen LogP contribution in [0.25, 0.3) is 0 Å². The molecule has 0 saturated heterocycles. The van der Waals surface area contributed by atoms with E-state index in [1.54, 1.807) is 13.2 Å². The van der Waals surface area contributed by atoms with Gasteiger partial charge in [0.05, 0.1) is 6.61 Å². The van der Waals surface area contributed by atoms with Gasteiger partial charge in [-0.25, -0.2) is 9.97 Å². The maximum atomic E-state index is 5.69. The summed E-state index contributed by atoms with van der Waals surface area (Å²) in [4.78, 5) is 10.5. The molecular weight excluding hydrogens is 192 g/mol. The number of nitrogen functional groups attached to an aromatic ring is 1. The van der Waals surface area contributed by atoms with Crippen LogP contribution in [0.2, 0.25) is 0 Å². The van der Waals surface area contributed by atoms with Crippen LogP contribution in [-0.4, -0.2) is 37.3 Å². The lowest BCUT2D eigenvalue weighted by atomic mass is 10.4. The Hall–Kier alpha value is -1.36. The Morgan fingerprint density at radius 3 is 2.80 bits per heavy atom. The first-order valence-electron chi connectivity index (χ1n) is 5.01. The summed E-state index contributed by atoms with van der Waals surface area (Å²) in [6.07, 6.45) is 0.788. The summed E-state index contributed by atoms with van der Waals surface area (Å²) in [7, 11) is 3.64. The normalized spacial score (nSPS) is 10.3. The van der Waals surface area contributed by atoms with E-state index in [1.807, 2.05) is 18.9 Å². The second-order valence-electron chi connectivity index (χ2n) is 3.34. The third-order valence-corrected chi connectivity index (χ3v) is 2.12. The number of aromatic nitrogens is 2. The van der Waals surface area contributed by atoms with Crippen LogP contribution in [0.3, 0.4) is 0 Å². The molecule has 0 aromatic carbocycles. The Kier molecular flexibility index (Phi) is 4.30. The topological polar surface area (TPSA) is 64.3 Å². The van der Waals surface area contributed by atoms with Crippen molar-refractivity contribution in [2.75, 3.05) is 37.9 Å². The van der Waals surface area contributed by atoms with Gasteiger partial charge in [0.2, 0.25) is 0 Å². The van der Waals surface area contributed by atoms with Crippen molar-refractivity contribution in [3.63, 3.8) is 0 Å². The zero-order valence-corrected chi connectivity index (χ0v) is 9.53. The lowest BCUT2D eigenvalue weighted by molar-refractivity contribution is 0.206. The molecule has 0 bridgehead atoms. The van der Waals surface area contributed by atoms with Gasteiger partial charge in [-0.15, -0.1) is 0 Å². The molecule has 1 aromatic rings. The smallest absolute Gasteiger partial charge is 0.134 e. The third kappa shape index (κ3) is 3.36. The van der Waals surface area contributed by atoms with Crippen molar-refractivity contribution in [2.45, 2.75) is 13.3 Å². The molecule has 0 atom stereocenters. The highest BCUT2D eigenvalue weighted by atomic mass is 16.5. The lowest BCUT2D eigenvalue weighted by Crippen LogP contribution is -2.23. The fourth-order valence-electron chi connectivity index (χ4n) is 1.20. The number of ether oxygens (including phenoxy) is 1. The number of likely N-dealkylation sites (N-methyl/N-ethyl adjacent to an activating group) is 1. The zero-order chi connectivity index (χ0) is 11.3. The first kappa shape index (κ1) is 11.7. The van der Waals surface area contributed by atoms with Crippen LogP contribution in [0.15, 0.2) is 6.07 Å². The summed E-state index contributed by atoms with van der Waals surface area (Å²) in [6, 6.07) is 1.77. The Morgan fingerprint density at radius 2 is 2.20 bits per heavy atom. The molecule has 0 fully saturated rings. The number of nitrogens with zero attached hydrogens (tertiary/aromatic N) is 3. The summed E-state index contributed by atoms with van der Waals surface area (Å²) >= 11 is 0. The van der Waals surface area contributed by atoms with Gasteiger partial charge in [0.25, 0.3) is 0 Å². The Balaban J connectivity index is 2.78. The molecule has 0 spiro atoms. The van der Waals surface area contributed by atoms with Crippen molar-refractivity contribution in [3.8, 4) is 0 Å². The average molecular weight is 210 g/mol. The Bertz CT molecular complexity index is 316. The minimum Gasteiger partial charge on any atom is -0.384 e. The van der Waals surface area contributed by atoms with E-state index in [-0.39, 0.29) is 0 Å². The van der Waals surface area contributed by atoms with E-state index in [0.29, 0.717) is 12.4 Å². The maximum Gasteiger partial charge on any atom is 0.134 e. The molecule has 0 aliphatic heterocycles. The van der Waals surface area contributed by atoms with Crippen LogP contribution < -0.4 is 10.6 Å². The highest BCUT2D eigenvalue weighted by molar-refractivity contribution is 5.46. The third-order valence-electron chi connectivity index (χ3n) is 2.12. The molecule has 1 aromatic heterocycles. The van der Waals surface area contributed by atoms with Gasteiger partial charge in [-0.1, -0.05) is 6.92 Å². The standard InChI is InChI=1S/C10H18N4O/c1-4-9-12-8(11)7-10(13-9)14(2)5-6-15-3/h7H,4-6H2,1-3H3,(H2,11,12,13). The minimum atomic E-state index is 0.515. The molecule has 84 valence electrons. The number of hydrogen-bond acceptors (Lipinski definition) is 5. The fourth-order valence-corrected chi connectivity index (χ4v) is 1.20. The highest BCUT2D eigenvalue weighted by Crippen LogP contribution is 2.12.